The SMILES string of the molecule is CN(C)CCCNC(=O)CCNc1ccc2c(c1)OCCO2. The number of carbonyl (C=O) groups is 1. The van der Waals surface area contributed by atoms with Gasteiger partial charge >= 0.3 is 0 Å². The monoisotopic (exact) mass is 307 g/mol. The topological polar surface area (TPSA) is 62.8 Å². The standard InChI is InChI=1S/C16H25N3O3/c1-19(2)9-3-7-18-16(20)6-8-17-13-4-5-14-15(12-13)22-11-10-21-14/h4-5,12,17H,3,6-11H2,1-2H3,(H,18,20). The Morgan fingerprint density at radius 2 is 1.95 bits per heavy atom. The zero-order valence-electron chi connectivity index (χ0n) is 13.4. The fraction of sp³-hybridized carbons (Fsp3) is 0.562. The summed E-state index contributed by atoms with van der Waals surface area (Å²) in [5.74, 6) is 1.60. The predicted octanol–water partition coefficient (Wildman–Crippen LogP) is 1.33. The van der Waals surface area contributed by atoms with E-state index in [1.165, 1.54) is 0 Å². The molecule has 2 rings (SSSR count). The first-order valence-corrected chi connectivity index (χ1v) is 7.70. The van der Waals surface area contributed by atoms with Crippen LogP contribution in [0.5, 0.6) is 11.5 Å². The van der Waals surface area contributed by atoms with Crippen molar-refractivity contribution in [3.05, 3.63) is 18.2 Å². The summed E-state index contributed by atoms with van der Waals surface area (Å²) in [5.41, 5.74) is 0.935. The largest absolute Gasteiger partial charge is 0.486 e. The number of anilines is 1. The Kier molecular flexibility index (Phi) is 6.33. The van der Waals surface area contributed by atoms with Crippen molar-refractivity contribution in [2.24, 2.45) is 0 Å². The highest BCUT2D eigenvalue weighted by Gasteiger charge is 2.11. The Labute approximate surface area is 131 Å². The van der Waals surface area contributed by atoms with E-state index >= 15 is 0 Å². The Bertz CT molecular complexity index is 492. The first-order valence-electron chi connectivity index (χ1n) is 7.70. The number of ether oxygens (including phenoxy) is 2. The van der Waals surface area contributed by atoms with Gasteiger partial charge in [-0.2, -0.15) is 0 Å². The summed E-state index contributed by atoms with van der Waals surface area (Å²) in [5, 5.41) is 6.15. The van der Waals surface area contributed by atoms with Gasteiger partial charge in [0.05, 0.1) is 0 Å². The lowest BCUT2D eigenvalue weighted by Gasteiger charge is -2.19. The molecule has 0 radical (unpaired) electrons. The average molecular weight is 307 g/mol. The Morgan fingerprint density at radius 1 is 1.18 bits per heavy atom. The highest BCUT2D eigenvalue weighted by Crippen LogP contribution is 2.32. The van der Waals surface area contributed by atoms with Gasteiger partial charge in [-0.1, -0.05) is 0 Å². The molecule has 2 N–H and O–H groups in total. The summed E-state index contributed by atoms with van der Waals surface area (Å²) in [6.07, 6.45) is 1.42. The maximum atomic E-state index is 11.7. The summed E-state index contributed by atoms with van der Waals surface area (Å²) in [7, 11) is 4.05. The summed E-state index contributed by atoms with van der Waals surface area (Å²) in [6, 6.07) is 5.73. The lowest BCUT2D eigenvalue weighted by molar-refractivity contribution is -0.120. The van der Waals surface area contributed by atoms with Gasteiger partial charge in [0.15, 0.2) is 11.5 Å². The van der Waals surface area contributed by atoms with E-state index in [0.717, 1.165) is 36.7 Å². The van der Waals surface area contributed by atoms with E-state index in [4.69, 9.17) is 9.47 Å². The van der Waals surface area contributed by atoms with Gasteiger partial charge in [0.25, 0.3) is 0 Å². The van der Waals surface area contributed by atoms with Gasteiger partial charge in [-0.05, 0) is 39.2 Å². The molecule has 0 saturated carbocycles. The average Bonchev–Trinajstić information content (AvgIpc) is 2.51. The highest BCUT2D eigenvalue weighted by molar-refractivity contribution is 5.76. The Balaban J connectivity index is 1.64. The second kappa shape index (κ2) is 8.48. The van der Waals surface area contributed by atoms with Crippen molar-refractivity contribution >= 4 is 11.6 Å². The molecule has 0 fully saturated rings. The molecule has 1 aliphatic rings. The highest BCUT2D eigenvalue weighted by atomic mass is 16.6. The molecule has 1 amide bonds. The number of nitrogens with one attached hydrogen (secondary N) is 2. The van der Waals surface area contributed by atoms with Crippen molar-refractivity contribution in [2.45, 2.75) is 12.8 Å². The first kappa shape index (κ1) is 16.4. The van der Waals surface area contributed by atoms with Gasteiger partial charge in [-0.15, -0.1) is 0 Å². The van der Waals surface area contributed by atoms with Crippen molar-refractivity contribution in [2.75, 3.05) is 52.3 Å². The molecule has 1 aromatic carbocycles. The van der Waals surface area contributed by atoms with Crippen LogP contribution in [0, 0.1) is 0 Å². The van der Waals surface area contributed by atoms with E-state index in [2.05, 4.69) is 15.5 Å². The molecule has 0 spiro atoms. The number of hydrogen-bond acceptors (Lipinski definition) is 5. The third-order valence-corrected chi connectivity index (χ3v) is 3.33. The smallest absolute Gasteiger partial charge is 0.221 e. The number of hydrogen-bond donors (Lipinski definition) is 2. The van der Waals surface area contributed by atoms with E-state index in [0.29, 0.717) is 26.2 Å². The van der Waals surface area contributed by atoms with Crippen LogP contribution in [0.25, 0.3) is 0 Å². The second-order valence-electron chi connectivity index (χ2n) is 5.54. The van der Waals surface area contributed by atoms with Crippen LogP contribution in [-0.4, -0.2) is 57.8 Å². The summed E-state index contributed by atoms with van der Waals surface area (Å²) >= 11 is 0. The molecule has 1 aromatic rings. The molecule has 122 valence electrons. The fourth-order valence-corrected chi connectivity index (χ4v) is 2.19. The molecule has 22 heavy (non-hydrogen) atoms. The number of nitrogens with zero attached hydrogens (tertiary/aromatic N) is 1. The van der Waals surface area contributed by atoms with Crippen molar-refractivity contribution in [3.8, 4) is 11.5 Å². The molecule has 0 saturated heterocycles. The van der Waals surface area contributed by atoms with Crippen molar-refractivity contribution in [3.63, 3.8) is 0 Å². The van der Waals surface area contributed by atoms with Crippen LogP contribution >= 0.6 is 0 Å². The molecular formula is C16H25N3O3. The van der Waals surface area contributed by atoms with Crippen LogP contribution in [-0.2, 0) is 4.79 Å². The molecule has 0 bridgehead atoms. The summed E-state index contributed by atoms with van der Waals surface area (Å²) in [4.78, 5) is 13.8. The van der Waals surface area contributed by atoms with E-state index in [1.807, 2.05) is 32.3 Å². The van der Waals surface area contributed by atoms with E-state index in [-0.39, 0.29) is 5.91 Å². The minimum Gasteiger partial charge on any atom is -0.486 e. The molecule has 0 aliphatic carbocycles. The number of fused-ring (bicyclic) bond motifs is 1. The number of amides is 1. The van der Waals surface area contributed by atoms with E-state index < -0.39 is 0 Å². The Morgan fingerprint density at radius 3 is 2.73 bits per heavy atom. The molecule has 6 heteroatoms. The Hall–Kier alpha value is -1.95. The van der Waals surface area contributed by atoms with Gasteiger partial charge in [0.2, 0.25) is 5.91 Å². The van der Waals surface area contributed by atoms with Crippen LogP contribution in [0.4, 0.5) is 5.69 Å². The van der Waals surface area contributed by atoms with Gasteiger partial charge in [0.1, 0.15) is 13.2 Å². The van der Waals surface area contributed by atoms with Crippen molar-refractivity contribution in [1.29, 1.82) is 0 Å². The maximum absolute atomic E-state index is 11.7. The van der Waals surface area contributed by atoms with Gasteiger partial charge < -0.3 is 25.0 Å². The normalized spacial score (nSPS) is 13.0. The van der Waals surface area contributed by atoms with E-state index in [9.17, 15) is 4.79 Å². The third kappa shape index (κ3) is 5.44. The zero-order valence-corrected chi connectivity index (χ0v) is 13.4. The quantitative estimate of drug-likeness (QED) is 0.710. The number of rotatable bonds is 8. The number of carbonyl (C=O) groups excluding carboxylic acids is 1. The summed E-state index contributed by atoms with van der Waals surface area (Å²) in [6.45, 7) is 3.47. The summed E-state index contributed by atoms with van der Waals surface area (Å²) < 4.78 is 11.0. The lowest BCUT2D eigenvalue weighted by Crippen LogP contribution is -2.28. The molecule has 0 atom stereocenters. The van der Waals surface area contributed by atoms with Crippen molar-refractivity contribution < 1.29 is 14.3 Å². The fourth-order valence-electron chi connectivity index (χ4n) is 2.19. The molecule has 1 aliphatic heterocycles. The zero-order chi connectivity index (χ0) is 15.8. The number of benzene rings is 1. The van der Waals surface area contributed by atoms with Crippen LogP contribution in [0.15, 0.2) is 18.2 Å². The minimum absolute atomic E-state index is 0.0730. The van der Waals surface area contributed by atoms with Gasteiger partial charge in [0, 0.05) is 31.3 Å². The molecule has 0 aromatic heterocycles. The van der Waals surface area contributed by atoms with Gasteiger partial charge in [-0.3, -0.25) is 4.79 Å². The van der Waals surface area contributed by atoms with Crippen LogP contribution < -0.4 is 20.1 Å². The molecule has 6 nitrogen and oxygen atoms in total. The maximum Gasteiger partial charge on any atom is 0.221 e. The molecule has 1 heterocycles. The molecular weight excluding hydrogens is 282 g/mol. The third-order valence-electron chi connectivity index (χ3n) is 3.33. The second-order valence-corrected chi connectivity index (χ2v) is 5.54. The first-order chi connectivity index (χ1) is 10.6. The van der Waals surface area contributed by atoms with Crippen LogP contribution in [0.2, 0.25) is 0 Å². The van der Waals surface area contributed by atoms with Gasteiger partial charge in [-0.25, -0.2) is 0 Å². The van der Waals surface area contributed by atoms with Crippen LogP contribution in [0.1, 0.15) is 12.8 Å². The lowest BCUT2D eigenvalue weighted by atomic mass is 10.2. The minimum atomic E-state index is 0.0730. The van der Waals surface area contributed by atoms with E-state index in [1.54, 1.807) is 0 Å². The van der Waals surface area contributed by atoms with Crippen LogP contribution in [0.3, 0.4) is 0 Å². The molecule has 0 unspecified atom stereocenters. The predicted molar refractivity (Wildman–Crippen MR) is 86.7 cm³/mol. The van der Waals surface area contributed by atoms with Crippen molar-refractivity contribution in [1.82, 2.24) is 10.2 Å².